The van der Waals surface area contributed by atoms with E-state index in [9.17, 15) is 9.59 Å². The molecule has 0 radical (unpaired) electrons. The van der Waals surface area contributed by atoms with Crippen LogP contribution in [0.3, 0.4) is 0 Å². The van der Waals surface area contributed by atoms with Crippen LogP contribution in [0.4, 0.5) is 0 Å². The molecule has 3 saturated heterocycles. The van der Waals surface area contributed by atoms with E-state index in [1.54, 1.807) is 0 Å². The van der Waals surface area contributed by atoms with E-state index in [2.05, 4.69) is 16.7 Å². The van der Waals surface area contributed by atoms with Gasteiger partial charge in [0.25, 0.3) is 0 Å². The van der Waals surface area contributed by atoms with Crippen LogP contribution in [0.2, 0.25) is 0 Å². The highest BCUT2D eigenvalue weighted by Crippen LogP contribution is 2.60. The lowest BCUT2D eigenvalue weighted by molar-refractivity contribution is -0.162. The van der Waals surface area contributed by atoms with Crippen LogP contribution in [0.25, 0.3) is 0 Å². The first-order chi connectivity index (χ1) is 15.5. The van der Waals surface area contributed by atoms with E-state index in [0.29, 0.717) is 18.1 Å². The van der Waals surface area contributed by atoms with Crippen LogP contribution >= 0.6 is 0 Å². The summed E-state index contributed by atoms with van der Waals surface area (Å²) in [6.45, 7) is 7.47. The van der Waals surface area contributed by atoms with Crippen molar-refractivity contribution in [3.63, 3.8) is 0 Å². The van der Waals surface area contributed by atoms with Gasteiger partial charge in [0.05, 0.1) is 18.1 Å². The maximum Gasteiger partial charge on any atom is 0.245 e. The van der Waals surface area contributed by atoms with Crippen molar-refractivity contribution in [2.24, 2.45) is 23.2 Å². The zero-order valence-corrected chi connectivity index (χ0v) is 19.8. The minimum Gasteiger partial charge on any atom is -0.376 e. The molecular formula is C26H41N3O3. The first kappa shape index (κ1) is 21.4. The van der Waals surface area contributed by atoms with Crippen LogP contribution in [-0.4, -0.2) is 84.0 Å². The molecule has 7 aliphatic rings. The van der Waals surface area contributed by atoms with Crippen molar-refractivity contribution in [3.8, 4) is 0 Å². The molecule has 0 unspecified atom stereocenters. The Morgan fingerprint density at radius 1 is 0.875 bits per heavy atom. The molecule has 0 aromatic heterocycles. The highest BCUT2D eigenvalue weighted by molar-refractivity contribution is 5.91. The largest absolute Gasteiger partial charge is 0.376 e. The van der Waals surface area contributed by atoms with Crippen molar-refractivity contribution in [1.29, 1.82) is 0 Å². The lowest BCUT2D eigenvalue weighted by Crippen LogP contribution is -2.58. The summed E-state index contributed by atoms with van der Waals surface area (Å²) in [5.41, 5.74) is -0.127. The van der Waals surface area contributed by atoms with Crippen LogP contribution in [0.1, 0.15) is 71.1 Å². The summed E-state index contributed by atoms with van der Waals surface area (Å²) in [6, 6.07) is 0.370. The Balaban J connectivity index is 1.09. The van der Waals surface area contributed by atoms with Gasteiger partial charge in [0, 0.05) is 38.8 Å². The summed E-state index contributed by atoms with van der Waals surface area (Å²) in [7, 11) is 0. The second-order valence-electron chi connectivity index (χ2n) is 12.1. The lowest BCUT2D eigenvalue weighted by Gasteiger charge is -2.56. The zero-order valence-electron chi connectivity index (χ0n) is 19.8. The Hall–Kier alpha value is -1.14. The molecule has 7 fully saturated rings. The Morgan fingerprint density at radius 2 is 1.53 bits per heavy atom. The molecule has 3 aliphatic heterocycles. The van der Waals surface area contributed by atoms with Crippen molar-refractivity contribution in [2.75, 3.05) is 39.3 Å². The first-order valence-electron chi connectivity index (χ1n) is 13.5. The number of ether oxygens (including phenoxy) is 1. The smallest absolute Gasteiger partial charge is 0.245 e. The van der Waals surface area contributed by atoms with Gasteiger partial charge in [-0.2, -0.15) is 0 Å². The number of likely N-dealkylation sites (tertiary alicyclic amines) is 2. The number of hydrogen-bond donors (Lipinski definition) is 0. The molecule has 7 rings (SSSR count). The van der Waals surface area contributed by atoms with E-state index in [-0.39, 0.29) is 17.4 Å². The summed E-state index contributed by atoms with van der Waals surface area (Å²) in [6.07, 6.45) is 11.6. The van der Waals surface area contributed by atoms with E-state index >= 15 is 0 Å². The van der Waals surface area contributed by atoms with E-state index in [1.165, 1.54) is 19.3 Å². The molecule has 0 spiro atoms. The molecule has 6 heteroatoms. The van der Waals surface area contributed by atoms with Gasteiger partial charge in [-0.1, -0.05) is 0 Å². The van der Waals surface area contributed by atoms with Gasteiger partial charge < -0.3 is 14.5 Å². The van der Waals surface area contributed by atoms with E-state index in [4.69, 9.17) is 4.74 Å². The monoisotopic (exact) mass is 443 g/mol. The third kappa shape index (κ3) is 3.70. The average Bonchev–Trinajstić information content (AvgIpc) is 3.27. The van der Waals surface area contributed by atoms with Crippen molar-refractivity contribution in [2.45, 2.75) is 89.3 Å². The van der Waals surface area contributed by atoms with Crippen LogP contribution in [0.15, 0.2) is 0 Å². The van der Waals surface area contributed by atoms with Crippen LogP contribution in [0, 0.1) is 23.2 Å². The average molecular weight is 444 g/mol. The standard InChI is InChI=1S/C26H41N3O3/c1-18-17-28(9-10-32-18)22-4-7-27(8-5-22)24(30)23-3-2-6-29(23)25(31)26-14-19-11-20(15-26)13-21(12-19)16-26/h18-23H,2-17H2,1H3/t18-,19?,20?,21?,23-,26?/m0/s1. The molecule has 178 valence electrons. The van der Waals surface area contributed by atoms with E-state index in [0.717, 1.165) is 102 Å². The summed E-state index contributed by atoms with van der Waals surface area (Å²) in [5.74, 6) is 2.88. The van der Waals surface area contributed by atoms with Gasteiger partial charge >= 0.3 is 0 Å². The molecule has 0 N–H and O–H groups in total. The molecular weight excluding hydrogens is 402 g/mol. The Kier molecular flexibility index (Phi) is 5.53. The predicted octanol–water partition coefficient (Wildman–Crippen LogP) is 2.91. The molecule has 2 atom stereocenters. The van der Waals surface area contributed by atoms with Crippen LogP contribution in [-0.2, 0) is 14.3 Å². The summed E-state index contributed by atoms with van der Waals surface area (Å²) >= 11 is 0. The predicted molar refractivity (Wildman–Crippen MR) is 122 cm³/mol. The van der Waals surface area contributed by atoms with E-state index < -0.39 is 0 Å². The highest BCUT2D eigenvalue weighted by Gasteiger charge is 2.57. The fourth-order valence-corrected chi connectivity index (χ4v) is 8.78. The fourth-order valence-electron chi connectivity index (χ4n) is 8.78. The summed E-state index contributed by atoms with van der Waals surface area (Å²) < 4.78 is 5.70. The van der Waals surface area contributed by atoms with Crippen molar-refractivity contribution in [1.82, 2.24) is 14.7 Å². The zero-order chi connectivity index (χ0) is 21.9. The highest BCUT2D eigenvalue weighted by atomic mass is 16.5. The van der Waals surface area contributed by atoms with Gasteiger partial charge in [-0.3, -0.25) is 14.5 Å². The molecule has 0 aromatic rings. The summed E-state index contributed by atoms with van der Waals surface area (Å²) in [4.78, 5) is 34.2. The van der Waals surface area contributed by atoms with Gasteiger partial charge in [-0.15, -0.1) is 0 Å². The van der Waals surface area contributed by atoms with Crippen molar-refractivity contribution < 1.29 is 14.3 Å². The first-order valence-corrected chi connectivity index (χ1v) is 13.5. The number of rotatable bonds is 3. The SMILES string of the molecule is C[C@H]1CN(C2CCN(C(=O)[C@@H]3CCCN3C(=O)C34CC5CC(CC(C5)C3)C4)CC2)CCO1. The second-order valence-corrected chi connectivity index (χ2v) is 12.1. The minimum atomic E-state index is -0.199. The van der Waals surface area contributed by atoms with E-state index in [1.807, 2.05) is 4.90 Å². The molecule has 4 saturated carbocycles. The van der Waals surface area contributed by atoms with Gasteiger partial charge in [0.1, 0.15) is 6.04 Å². The van der Waals surface area contributed by atoms with Gasteiger partial charge in [0.15, 0.2) is 0 Å². The third-order valence-corrected chi connectivity index (χ3v) is 9.86. The quantitative estimate of drug-likeness (QED) is 0.673. The second kappa shape index (κ2) is 8.26. The molecule has 0 aromatic carbocycles. The normalized spacial score (nSPS) is 42.6. The number of carbonyl (C=O) groups is 2. The number of carbonyl (C=O) groups excluding carboxylic acids is 2. The number of piperidine rings is 1. The van der Waals surface area contributed by atoms with Gasteiger partial charge in [-0.25, -0.2) is 0 Å². The third-order valence-electron chi connectivity index (χ3n) is 9.86. The number of hydrogen-bond acceptors (Lipinski definition) is 4. The van der Waals surface area contributed by atoms with Crippen molar-refractivity contribution >= 4 is 11.8 Å². The molecule has 2 amide bonds. The van der Waals surface area contributed by atoms with Crippen molar-refractivity contribution in [3.05, 3.63) is 0 Å². The van der Waals surface area contributed by atoms with Gasteiger partial charge in [-0.05, 0) is 88.9 Å². The van der Waals surface area contributed by atoms with Crippen LogP contribution in [0.5, 0.6) is 0 Å². The number of morpholine rings is 1. The number of amides is 2. The fraction of sp³-hybridized carbons (Fsp3) is 0.923. The molecule has 4 bridgehead atoms. The minimum absolute atomic E-state index is 0.127. The Labute approximate surface area is 193 Å². The Bertz CT molecular complexity index is 711. The topological polar surface area (TPSA) is 53.1 Å². The lowest BCUT2D eigenvalue weighted by atomic mass is 9.49. The molecule has 4 aliphatic carbocycles. The number of nitrogens with zero attached hydrogens (tertiary/aromatic N) is 3. The molecule has 32 heavy (non-hydrogen) atoms. The Morgan fingerprint density at radius 3 is 2.16 bits per heavy atom. The molecule has 3 heterocycles. The summed E-state index contributed by atoms with van der Waals surface area (Å²) in [5, 5.41) is 0. The van der Waals surface area contributed by atoms with Gasteiger partial charge in [0.2, 0.25) is 11.8 Å². The maximum absolute atomic E-state index is 13.9. The molecule has 6 nitrogen and oxygen atoms in total. The maximum atomic E-state index is 13.9. The van der Waals surface area contributed by atoms with Crippen LogP contribution < -0.4 is 0 Å².